The number of hydrogen-bond donors (Lipinski definition) is 1. The van der Waals surface area contributed by atoms with Crippen molar-refractivity contribution < 1.29 is 14.3 Å². The van der Waals surface area contributed by atoms with Crippen molar-refractivity contribution in [1.82, 2.24) is 14.8 Å². The van der Waals surface area contributed by atoms with Gasteiger partial charge in [-0.2, -0.15) is 0 Å². The van der Waals surface area contributed by atoms with Crippen molar-refractivity contribution in [3.63, 3.8) is 0 Å². The minimum atomic E-state index is -0.118. The van der Waals surface area contributed by atoms with Crippen molar-refractivity contribution in [2.75, 3.05) is 24.3 Å². The smallest absolute Gasteiger partial charge is 0.234 e. The Kier molecular flexibility index (Phi) is 8.01. The molecule has 1 aliphatic rings. The minimum Gasteiger partial charge on any atom is -0.489 e. The molecule has 1 aromatic heterocycles. The topological polar surface area (TPSA) is 78.3 Å². The molecule has 174 valence electrons. The van der Waals surface area contributed by atoms with Gasteiger partial charge in [-0.25, -0.2) is 0 Å². The number of amides is 1. The predicted octanol–water partition coefficient (Wildman–Crippen LogP) is 4.95. The number of nitrogens with zero attached hydrogens (tertiary/aromatic N) is 3. The highest BCUT2D eigenvalue weighted by Crippen LogP contribution is 2.28. The molecule has 7 nitrogen and oxygen atoms in total. The number of para-hydroxylation sites is 2. The third-order valence-corrected chi connectivity index (χ3v) is 6.58. The van der Waals surface area contributed by atoms with E-state index in [0.717, 1.165) is 54.5 Å². The molecule has 0 saturated carbocycles. The Bertz CT molecular complexity index is 1080. The maximum Gasteiger partial charge on any atom is 0.234 e. The number of carbonyl (C=O) groups is 1. The Morgan fingerprint density at radius 3 is 2.79 bits per heavy atom. The van der Waals surface area contributed by atoms with E-state index in [9.17, 15) is 4.79 Å². The molecule has 1 N–H and O–H groups in total. The molecule has 0 aliphatic carbocycles. The van der Waals surface area contributed by atoms with E-state index in [-0.39, 0.29) is 17.8 Å². The molecule has 1 amide bonds. The molecular weight excluding hydrogens is 436 g/mol. The number of thioether (sulfide) groups is 1. The van der Waals surface area contributed by atoms with Crippen molar-refractivity contribution in [3.8, 4) is 17.1 Å². The first-order valence-corrected chi connectivity index (χ1v) is 12.4. The van der Waals surface area contributed by atoms with E-state index in [1.54, 1.807) is 0 Å². The summed E-state index contributed by atoms with van der Waals surface area (Å²) in [7, 11) is 0. The van der Waals surface area contributed by atoms with Crippen LogP contribution in [0, 0.1) is 6.92 Å². The molecule has 1 unspecified atom stereocenters. The van der Waals surface area contributed by atoms with Crippen LogP contribution in [0.25, 0.3) is 11.4 Å². The van der Waals surface area contributed by atoms with Crippen LogP contribution in [0.4, 0.5) is 5.69 Å². The molecular formula is C25H30N4O3S. The molecule has 2 heterocycles. The van der Waals surface area contributed by atoms with Gasteiger partial charge in [0, 0.05) is 18.7 Å². The van der Waals surface area contributed by atoms with Gasteiger partial charge in [0.1, 0.15) is 12.4 Å². The van der Waals surface area contributed by atoms with Crippen molar-refractivity contribution in [3.05, 3.63) is 54.1 Å². The van der Waals surface area contributed by atoms with E-state index in [4.69, 9.17) is 9.47 Å². The average molecular weight is 467 g/mol. The summed E-state index contributed by atoms with van der Waals surface area (Å²) in [6.45, 7) is 6.12. The normalized spacial score (nSPS) is 15.9. The standard InChI is InChI=1S/C25H30N4O3S/c1-3-29-24(20-12-5-4-10-18(20)2)27-28-25(29)33-17-23(30)26-21-13-6-7-14-22(21)32-16-19-11-8-9-15-31-19/h4-7,10,12-14,19H,3,8-9,11,15-17H2,1-2H3,(H,26,30). The third-order valence-electron chi connectivity index (χ3n) is 5.61. The van der Waals surface area contributed by atoms with Gasteiger partial charge in [0.25, 0.3) is 0 Å². The molecule has 1 fully saturated rings. The van der Waals surface area contributed by atoms with Crippen LogP contribution >= 0.6 is 11.8 Å². The second-order valence-corrected chi connectivity index (χ2v) is 8.94. The molecule has 4 rings (SSSR count). The summed E-state index contributed by atoms with van der Waals surface area (Å²) in [6, 6.07) is 15.6. The monoisotopic (exact) mass is 466 g/mol. The minimum absolute atomic E-state index is 0.112. The fourth-order valence-corrected chi connectivity index (χ4v) is 4.64. The van der Waals surface area contributed by atoms with E-state index in [1.165, 1.54) is 11.8 Å². The summed E-state index contributed by atoms with van der Waals surface area (Å²) < 4.78 is 13.8. The zero-order valence-electron chi connectivity index (χ0n) is 19.1. The zero-order chi connectivity index (χ0) is 23.0. The van der Waals surface area contributed by atoms with E-state index in [2.05, 4.69) is 35.4 Å². The fraction of sp³-hybridized carbons (Fsp3) is 0.400. The SMILES string of the molecule is CCn1c(SCC(=O)Nc2ccccc2OCC2CCCCO2)nnc1-c1ccccc1C. The maximum absolute atomic E-state index is 12.7. The van der Waals surface area contributed by atoms with Gasteiger partial charge in [-0.1, -0.05) is 48.2 Å². The van der Waals surface area contributed by atoms with Crippen LogP contribution in [0.2, 0.25) is 0 Å². The third kappa shape index (κ3) is 5.94. The van der Waals surface area contributed by atoms with E-state index in [0.29, 0.717) is 18.0 Å². The largest absolute Gasteiger partial charge is 0.489 e. The number of nitrogens with one attached hydrogen (secondary N) is 1. The predicted molar refractivity (Wildman–Crippen MR) is 131 cm³/mol. The summed E-state index contributed by atoms with van der Waals surface area (Å²) in [4.78, 5) is 12.7. The van der Waals surface area contributed by atoms with Gasteiger partial charge >= 0.3 is 0 Å². The number of anilines is 1. The Balaban J connectivity index is 1.37. The molecule has 3 aromatic rings. The van der Waals surface area contributed by atoms with Crippen molar-refractivity contribution >= 4 is 23.4 Å². The first-order valence-electron chi connectivity index (χ1n) is 11.4. The summed E-state index contributed by atoms with van der Waals surface area (Å²) in [5.41, 5.74) is 2.86. The van der Waals surface area contributed by atoms with Crippen molar-refractivity contribution in [2.45, 2.75) is 50.9 Å². The Morgan fingerprint density at radius 1 is 1.18 bits per heavy atom. The van der Waals surface area contributed by atoms with Crippen LogP contribution in [0.15, 0.2) is 53.7 Å². The van der Waals surface area contributed by atoms with E-state index >= 15 is 0 Å². The van der Waals surface area contributed by atoms with Gasteiger partial charge in [-0.3, -0.25) is 4.79 Å². The fourth-order valence-electron chi connectivity index (χ4n) is 3.84. The molecule has 1 saturated heterocycles. The van der Waals surface area contributed by atoms with Crippen LogP contribution in [0.1, 0.15) is 31.7 Å². The Hall–Kier alpha value is -2.84. The number of carbonyl (C=O) groups excluding carboxylic acids is 1. The quantitative estimate of drug-likeness (QED) is 0.450. The van der Waals surface area contributed by atoms with Gasteiger partial charge < -0.3 is 19.4 Å². The second kappa shape index (κ2) is 11.3. The number of benzene rings is 2. The molecule has 0 bridgehead atoms. The molecule has 2 aromatic carbocycles. The van der Waals surface area contributed by atoms with Gasteiger partial charge in [0.15, 0.2) is 11.0 Å². The summed E-state index contributed by atoms with van der Waals surface area (Å²) >= 11 is 1.38. The number of rotatable bonds is 9. The highest BCUT2D eigenvalue weighted by atomic mass is 32.2. The molecule has 1 atom stereocenters. The van der Waals surface area contributed by atoms with E-state index in [1.807, 2.05) is 47.0 Å². The first kappa shape index (κ1) is 23.3. The molecule has 0 spiro atoms. The zero-order valence-corrected chi connectivity index (χ0v) is 19.9. The van der Waals surface area contributed by atoms with Crippen LogP contribution in [0.5, 0.6) is 5.75 Å². The number of aryl methyl sites for hydroxylation is 1. The first-order chi connectivity index (χ1) is 16.2. The highest BCUT2D eigenvalue weighted by Gasteiger charge is 2.18. The number of aromatic nitrogens is 3. The lowest BCUT2D eigenvalue weighted by molar-refractivity contribution is -0.113. The van der Waals surface area contributed by atoms with Crippen LogP contribution < -0.4 is 10.1 Å². The molecule has 8 heteroatoms. The van der Waals surface area contributed by atoms with Crippen molar-refractivity contribution in [2.24, 2.45) is 0 Å². The molecule has 33 heavy (non-hydrogen) atoms. The Labute approximate surface area is 198 Å². The highest BCUT2D eigenvalue weighted by molar-refractivity contribution is 7.99. The van der Waals surface area contributed by atoms with Gasteiger partial charge in [0.2, 0.25) is 5.91 Å². The van der Waals surface area contributed by atoms with Gasteiger partial charge in [-0.15, -0.1) is 10.2 Å². The number of ether oxygens (including phenoxy) is 2. The summed E-state index contributed by atoms with van der Waals surface area (Å²) in [5, 5.41) is 12.4. The van der Waals surface area contributed by atoms with Gasteiger partial charge in [-0.05, 0) is 50.8 Å². The lowest BCUT2D eigenvalue weighted by Gasteiger charge is -2.23. The van der Waals surface area contributed by atoms with Crippen LogP contribution in [-0.4, -0.2) is 45.7 Å². The van der Waals surface area contributed by atoms with Crippen LogP contribution in [-0.2, 0) is 16.1 Å². The van der Waals surface area contributed by atoms with Crippen LogP contribution in [0.3, 0.4) is 0 Å². The van der Waals surface area contributed by atoms with Gasteiger partial charge in [0.05, 0.1) is 17.5 Å². The summed E-state index contributed by atoms with van der Waals surface area (Å²) in [6.07, 6.45) is 3.39. The van der Waals surface area contributed by atoms with Crippen molar-refractivity contribution in [1.29, 1.82) is 0 Å². The number of hydrogen-bond acceptors (Lipinski definition) is 6. The Morgan fingerprint density at radius 2 is 2.00 bits per heavy atom. The molecule has 1 aliphatic heterocycles. The molecule has 0 radical (unpaired) electrons. The maximum atomic E-state index is 12.7. The van der Waals surface area contributed by atoms with E-state index < -0.39 is 0 Å². The average Bonchev–Trinajstić information content (AvgIpc) is 3.26. The lowest BCUT2D eigenvalue weighted by atomic mass is 10.1. The second-order valence-electron chi connectivity index (χ2n) is 8.00. The summed E-state index contributed by atoms with van der Waals surface area (Å²) in [5.74, 6) is 1.59. The lowest BCUT2D eigenvalue weighted by Crippen LogP contribution is -2.26.